The Kier molecular flexibility index (Phi) is 7.13. The second-order valence-electron chi connectivity index (χ2n) is 3.20. The number of hydrogen-bond acceptors (Lipinski definition) is 3. The van der Waals surface area contributed by atoms with Crippen molar-refractivity contribution in [3.05, 3.63) is 29.8 Å². The Hall–Kier alpha value is -0.770. The Morgan fingerprint density at radius 1 is 1.40 bits per heavy atom. The van der Waals surface area contributed by atoms with Gasteiger partial charge in [-0.3, -0.25) is 5.32 Å². The number of aliphatic hydroxyl groups is 1. The zero-order valence-electron chi connectivity index (χ0n) is 9.06. The van der Waals surface area contributed by atoms with Gasteiger partial charge in [-0.05, 0) is 25.5 Å². The van der Waals surface area contributed by atoms with Crippen molar-refractivity contribution in [1.82, 2.24) is 5.32 Å². The summed E-state index contributed by atoms with van der Waals surface area (Å²) in [6.07, 6.45) is -0.0803. The van der Waals surface area contributed by atoms with Gasteiger partial charge in [-0.25, -0.2) is 0 Å². The second-order valence-corrected chi connectivity index (χ2v) is 3.20. The third-order valence-electron chi connectivity index (χ3n) is 1.94. The van der Waals surface area contributed by atoms with E-state index in [0.717, 1.165) is 11.3 Å². The van der Waals surface area contributed by atoms with E-state index in [1.807, 2.05) is 38.1 Å². The predicted octanol–water partition coefficient (Wildman–Crippen LogP) is 1.72. The fraction of sp³-hybridized carbons (Fsp3) is 0.455. The van der Waals surface area contributed by atoms with Crippen molar-refractivity contribution in [2.75, 3.05) is 13.2 Å². The average molecular weight is 232 g/mol. The first-order chi connectivity index (χ1) is 6.74. The lowest BCUT2D eigenvalue weighted by Gasteiger charge is -2.16. The molecule has 0 aliphatic heterocycles. The van der Waals surface area contributed by atoms with Gasteiger partial charge in [0.25, 0.3) is 0 Å². The van der Waals surface area contributed by atoms with Crippen molar-refractivity contribution in [3.63, 3.8) is 0 Å². The Morgan fingerprint density at radius 2 is 2.07 bits per heavy atom. The third kappa shape index (κ3) is 5.02. The highest BCUT2D eigenvalue weighted by Gasteiger charge is 2.03. The van der Waals surface area contributed by atoms with E-state index in [2.05, 4.69) is 5.32 Å². The van der Waals surface area contributed by atoms with Gasteiger partial charge in [0.2, 0.25) is 0 Å². The smallest absolute Gasteiger partial charge is 0.147 e. The lowest BCUT2D eigenvalue weighted by molar-refractivity contribution is 0.168. The minimum absolute atomic E-state index is 0. The summed E-state index contributed by atoms with van der Waals surface area (Å²) in [5.41, 5.74) is 1.12. The molecule has 86 valence electrons. The SMILES string of the molecule is Cc1ccccc1OC(C)NCCO.Cl. The number of aryl methyl sites for hydroxylation is 1. The summed E-state index contributed by atoms with van der Waals surface area (Å²) in [7, 11) is 0. The molecular formula is C11H18ClNO2. The molecule has 0 saturated carbocycles. The highest BCUT2D eigenvalue weighted by Crippen LogP contribution is 2.16. The van der Waals surface area contributed by atoms with E-state index in [9.17, 15) is 0 Å². The van der Waals surface area contributed by atoms with Crippen LogP contribution in [0.4, 0.5) is 0 Å². The zero-order chi connectivity index (χ0) is 10.4. The van der Waals surface area contributed by atoms with Crippen molar-refractivity contribution < 1.29 is 9.84 Å². The van der Waals surface area contributed by atoms with Gasteiger partial charge in [0.1, 0.15) is 12.0 Å². The largest absolute Gasteiger partial charge is 0.475 e. The molecule has 0 radical (unpaired) electrons. The van der Waals surface area contributed by atoms with Gasteiger partial charge in [-0.15, -0.1) is 12.4 Å². The van der Waals surface area contributed by atoms with Crippen LogP contribution in [0.25, 0.3) is 0 Å². The van der Waals surface area contributed by atoms with Gasteiger partial charge in [-0.1, -0.05) is 18.2 Å². The first-order valence-electron chi connectivity index (χ1n) is 4.80. The van der Waals surface area contributed by atoms with Crippen LogP contribution in [-0.4, -0.2) is 24.5 Å². The summed E-state index contributed by atoms with van der Waals surface area (Å²) in [5, 5.41) is 11.7. The normalized spacial score (nSPS) is 11.7. The van der Waals surface area contributed by atoms with E-state index in [4.69, 9.17) is 9.84 Å². The highest BCUT2D eigenvalue weighted by molar-refractivity contribution is 5.85. The minimum Gasteiger partial charge on any atom is -0.475 e. The molecule has 1 aromatic carbocycles. The zero-order valence-corrected chi connectivity index (χ0v) is 9.88. The maximum atomic E-state index is 8.62. The van der Waals surface area contributed by atoms with E-state index < -0.39 is 0 Å². The van der Waals surface area contributed by atoms with Crippen LogP contribution in [0.3, 0.4) is 0 Å². The second kappa shape index (κ2) is 7.51. The van der Waals surface area contributed by atoms with E-state index in [0.29, 0.717) is 6.54 Å². The van der Waals surface area contributed by atoms with Crippen LogP contribution < -0.4 is 10.1 Å². The highest BCUT2D eigenvalue weighted by atomic mass is 35.5. The molecule has 4 heteroatoms. The first kappa shape index (κ1) is 14.2. The summed E-state index contributed by atoms with van der Waals surface area (Å²) in [6, 6.07) is 7.87. The van der Waals surface area contributed by atoms with Crippen molar-refractivity contribution in [3.8, 4) is 5.75 Å². The maximum Gasteiger partial charge on any atom is 0.147 e. The summed E-state index contributed by atoms with van der Waals surface area (Å²) in [4.78, 5) is 0. The Labute approximate surface area is 96.9 Å². The van der Waals surface area contributed by atoms with Crippen molar-refractivity contribution in [2.24, 2.45) is 0 Å². The van der Waals surface area contributed by atoms with Crippen molar-refractivity contribution in [1.29, 1.82) is 0 Å². The number of para-hydroxylation sites is 1. The molecule has 0 aliphatic rings. The molecule has 0 aliphatic carbocycles. The van der Waals surface area contributed by atoms with E-state index in [1.54, 1.807) is 0 Å². The molecule has 0 heterocycles. The van der Waals surface area contributed by atoms with E-state index >= 15 is 0 Å². The molecule has 1 aromatic rings. The standard InChI is InChI=1S/C11H17NO2.ClH/c1-9-5-3-4-6-11(9)14-10(2)12-7-8-13;/h3-6,10,12-13H,7-8H2,1-2H3;1H. The Morgan fingerprint density at radius 3 is 2.67 bits per heavy atom. The lowest BCUT2D eigenvalue weighted by atomic mass is 10.2. The molecule has 1 rings (SSSR count). The van der Waals surface area contributed by atoms with Crippen LogP contribution in [0.2, 0.25) is 0 Å². The maximum absolute atomic E-state index is 8.62. The quantitative estimate of drug-likeness (QED) is 0.759. The van der Waals surface area contributed by atoms with Gasteiger partial charge in [0, 0.05) is 6.54 Å². The van der Waals surface area contributed by atoms with Crippen molar-refractivity contribution >= 4 is 12.4 Å². The minimum atomic E-state index is -0.0803. The Balaban J connectivity index is 0.00000196. The number of ether oxygens (including phenoxy) is 1. The number of benzene rings is 1. The summed E-state index contributed by atoms with van der Waals surface area (Å²) in [5.74, 6) is 0.880. The molecule has 1 unspecified atom stereocenters. The van der Waals surface area contributed by atoms with Crippen LogP contribution in [0.15, 0.2) is 24.3 Å². The van der Waals surface area contributed by atoms with Gasteiger partial charge in [0.05, 0.1) is 6.61 Å². The van der Waals surface area contributed by atoms with Gasteiger partial charge < -0.3 is 9.84 Å². The number of rotatable bonds is 5. The number of nitrogens with one attached hydrogen (secondary N) is 1. The predicted molar refractivity (Wildman–Crippen MR) is 63.6 cm³/mol. The van der Waals surface area contributed by atoms with E-state index in [1.165, 1.54) is 0 Å². The number of halogens is 1. The van der Waals surface area contributed by atoms with Crippen LogP contribution >= 0.6 is 12.4 Å². The van der Waals surface area contributed by atoms with Crippen LogP contribution in [0.5, 0.6) is 5.75 Å². The lowest BCUT2D eigenvalue weighted by Crippen LogP contribution is -2.33. The molecule has 3 nitrogen and oxygen atoms in total. The fourth-order valence-corrected chi connectivity index (χ4v) is 1.19. The molecule has 0 aromatic heterocycles. The van der Waals surface area contributed by atoms with Crippen molar-refractivity contribution in [2.45, 2.75) is 20.1 Å². The number of hydrogen-bond donors (Lipinski definition) is 2. The topological polar surface area (TPSA) is 41.5 Å². The molecule has 1 atom stereocenters. The summed E-state index contributed by atoms with van der Waals surface area (Å²) in [6.45, 7) is 4.60. The molecular weight excluding hydrogens is 214 g/mol. The number of aliphatic hydroxyl groups excluding tert-OH is 1. The molecule has 2 N–H and O–H groups in total. The molecule has 0 fully saturated rings. The summed E-state index contributed by atoms with van der Waals surface area (Å²) >= 11 is 0. The van der Waals surface area contributed by atoms with Gasteiger partial charge in [-0.2, -0.15) is 0 Å². The van der Waals surface area contributed by atoms with E-state index in [-0.39, 0.29) is 25.2 Å². The van der Waals surface area contributed by atoms with Crippen LogP contribution in [0, 0.1) is 6.92 Å². The van der Waals surface area contributed by atoms with Crippen LogP contribution in [-0.2, 0) is 0 Å². The summed E-state index contributed by atoms with van der Waals surface area (Å²) < 4.78 is 5.62. The molecule has 0 saturated heterocycles. The van der Waals surface area contributed by atoms with Crippen LogP contribution in [0.1, 0.15) is 12.5 Å². The molecule has 0 bridgehead atoms. The molecule has 0 spiro atoms. The molecule has 0 amide bonds. The average Bonchev–Trinajstić information content (AvgIpc) is 2.18. The first-order valence-corrected chi connectivity index (χ1v) is 4.80. The van der Waals surface area contributed by atoms with Gasteiger partial charge >= 0.3 is 0 Å². The van der Waals surface area contributed by atoms with Gasteiger partial charge in [0.15, 0.2) is 0 Å². The third-order valence-corrected chi connectivity index (χ3v) is 1.94. The monoisotopic (exact) mass is 231 g/mol. The molecule has 15 heavy (non-hydrogen) atoms. The Bertz CT molecular complexity index is 281. The fourth-order valence-electron chi connectivity index (χ4n) is 1.19.